The molecule has 0 radical (unpaired) electrons. The van der Waals surface area contributed by atoms with E-state index < -0.39 is 6.36 Å². The summed E-state index contributed by atoms with van der Waals surface area (Å²) >= 11 is 0. The fourth-order valence-corrected chi connectivity index (χ4v) is 2.28. The van der Waals surface area contributed by atoms with E-state index in [-0.39, 0.29) is 23.1 Å². The van der Waals surface area contributed by atoms with Gasteiger partial charge in [-0.15, -0.1) is 13.2 Å². The van der Waals surface area contributed by atoms with Gasteiger partial charge >= 0.3 is 6.36 Å². The summed E-state index contributed by atoms with van der Waals surface area (Å²) in [6.45, 7) is 1.49. The molecule has 4 nitrogen and oxygen atoms in total. The number of hydrogen-bond donors (Lipinski definition) is 1. The van der Waals surface area contributed by atoms with Gasteiger partial charge < -0.3 is 10.1 Å². The molecule has 2 aromatic rings. The van der Waals surface area contributed by atoms with Crippen molar-refractivity contribution in [2.75, 3.05) is 7.05 Å². The van der Waals surface area contributed by atoms with Crippen molar-refractivity contribution in [3.05, 3.63) is 48.2 Å². The molecule has 0 saturated carbocycles. The number of carbonyl (C=O) groups excluding carboxylic acids is 1. The normalized spacial score (nSPS) is 12.7. The Kier molecular flexibility index (Phi) is 5.56. The predicted octanol–water partition coefficient (Wildman–Crippen LogP) is 3.37. The second-order valence-electron chi connectivity index (χ2n) is 5.25. The van der Waals surface area contributed by atoms with Crippen molar-refractivity contribution in [3.8, 4) is 17.0 Å². The van der Waals surface area contributed by atoms with Gasteiger partial charge in [0.25, 0.3) is 0 Å². The first kappa shape index (κ1) is 17.9. The van der Waals surface area contributed by atoms with E-state index in [2.05, 4.69) is 15.0 Å². The third-order valence-electron chi connectivity index (χ3n) is 3.49. The zero-order chi connectivity index (χ0) is 17.7. The van der Waals surface area contributed by atoms with Crippen molar-refractivity contribution in [3.63, 3.8) is 0 Å². The van der Waals surface area contributed by atoms with Gasteiger partial charge in [-0.25, -0.2) is 0 Å². The quantitative estimate of drug-likeness (QED) is 0.877. The maximum absolute atomic E-state index is 12.5. The standard InChI is InChI=1S/C17H17F3N2O2/c1-11(23)15(21-2)9-12-7-8-14(22-10-12)13-5-3-4-6-16(13)24-17(18,19)20/h3-8,10,15,21H,9H2,1-2H3. The molecule has 1 aromatic heterocycles. The predicted molar refractivity (Wildman–Crippen MR) is 83.6 cm³/mol. The molecule has 7 heteroatoms. The second kappa shape index (κ2) is 7.44. The molecule has 0 bridgehead atoms. The van der Waals surface area contributed by atoms with Crippen LogP contribution in [0.2, 0.25) is 0 Å². The summed E-state index contributed by atoms with van der Waals surface area (Å²) in [6, 6.07) is 8.85. The van der Waals surface area contributed by atoms with Crippen LogP contribution in [0.25, 0.3) is 11.3 Å². The summed E-state index contributed by atoms with van der Waals surface area (Å²) in [5.74, 6) is -0.299. The summed E-state index contributed by atoms with van der Waals surface area (Å²) in [5.41, 5.74) is 1.42. The number of rotatable bonds is 6. The lowest BCUT2D eigenvalue weighted by Gasteiger charge is -2.14. The van der Waals surface area contributed by atoms with Crippen LogP contribution >= 0.6 is 0 Å². The lowest BCUT2D eigenvalue weighted by Crippen LogP contribution is -2.34. The molecular formula is C17H17F3N2O2. The number of pyridine rings is 1. The SMILES string of the molecule is CNC(Cc1ccc(-c2ccccc2OC(F)(F)F)nc1)C(C)=O. The fourth-order valence-electron chi connectivity index (χ4n) is 2.28. The first-order chi connectivity index (χ1) is 11.3. The number of nitrogens with zero attached hydrogens (tertiary/aromatic N) is 1. The Morgan fingerprint density at radius 2 is 1.96 bits per heavy atom. The number of carbonyl (C=O) groups is 1. The van der Waals surface area contributed by atoms with Gasteiger partial charge in [0.1, 0.15) is 11.5 Å². The van der Waals surface area contributed by atoms with E-state index in [1.54, 1.807) is 31.4 Å². The van der Waals surface area contributed by atoms with Crippen molar-refractivity contribution in [1.82, 2.24) is 10.3 Å². The molecule has 0 spiro atoms. The second-order valence-corrected chi connectivity index (χ2v) is 5.25. The van der Waals surface area contributed by atoms with Crippen molar-refractivity contribution in [2.45, 2.75) is 25.7 Å². The number of Topliss-reactive ketones (excluding diaryl/α,β-unsaturated/α-hetero) is 1. The Balaban J connectivity index is 2.24. The lowest BCUT2D eigenvalue weighted by molar-refractivity contribution is -0.274. The number of benzene rings is 1. The maximum atomic E-state index is 12.5. The maximum Gasteiger partial charge on any atom is 0.573 e. The van der Waals surface area contributed by atoms with E-state index in [9.17, 15) is 18.0 Å². The van der Waals surface area contributed by atoms with Crippen LogP contribution in [-0.2, 0) is 11.2 Å². The smallest absolute Gasteiger partial charge is 0.405 e. The van der Waals surface area contributed by atoms with Gasteiger partial charge in [-0.05, 0) is 44.2 Å². The first-order valence-corrected chi connectivity index (χ1v) is 7.28. The zero-order valence-electron chi connectivity index (χ0n) is 13.2. The number of para-hydroxylation sites is 1. The van der Waals surface area contributed by atoms with Gasteiger partial charge in [0, 0.05) is 11.8 Å². The molecule has 0 aliphatic rings. The fraction of sp³-hybridized carbons (Fsp3) is 0.294. The summed E-state index contributed by atoms with van der Waals surface area (Å²) in [7, 11) is 1.69. The van der Waals surface area contributed by atoms with Crippen LogP contribution in [0.4, 0.5) is 13.2 Å². The van der Waals surface area contributed by atoms with Crippen LogP contribution in [0.1, 0.15) is 12.5 Å². The van der Waals surface area contributed by atoms with Gasteiger partial charge in [-0.1, -0.05) is 18.2 Å². The molecule has 1 aromatic carbocycles. The molecule has 1 N–H and O–H groups in total. The third-order valence-corrected chi connectivity index (χ3v) is 3.49. The van der Waals surface area contributed by atoms with Crippen LogP contribution in [-0.4, -0.2) is 30.2 Å². The van der Waals surface area contributed by atoms with Gasteiger partial charge in [-0.2, -0.15) is 0 Å². The van der Waals surface area contributed by atoms with Crippen LogP contribution in [0.5, 0.6) is 5.75 Å². The van der Waals surface area contributed by atoms with Crippen molar-refractivity contribution >= 4 is 5.78 Å². The minimum Gasteiger partial charge on any atom is -0.405 e. The van der Waals surface area contributed by atoms with Crippen molar-refractivity contribution in [2.24, 2.45) is 0 Å². The molecule has 0 aliphatic carbocycles. The summed E-state index contributed by atoms with van der Waals surface area (Å²) in [5, 5.41) is 2.91. The highest BCUT2D eigenvalue weighted by molar-refractivity contribution is 5.81. The van der Waals surface area contributed by atoms with E-state index in [0.717, 1.165) is 5.56 Å². The Hall–Kier alpha value is -2.41. The highest BCUT2D eigenvalue weighted by atomic mass is 19.4. The largest absolute Gasteiger partial charge is 0.573 e. The molecule has 2 rings (SSSR count). The topological polar surface area (TPSA) is 51.2 Å². The molecule has 1 unspecified atom stereocenters. The lowest BCUT2D eigenvalue weighted by atomic mass is 10.0. The Morgan fingerprint density at radius 3 is 2.50 bits per heavy atom. The highest BCUT2D eigenvalue weighted by Gasteiger charge is 2.32. The molecule has 0 aliphatic heterocycles. The van der Waals surface area contributed by atoms with Crippen LogP contribution < -0.4 is 10.1 Å². The highest BCUT2D eigenvalue weighted by Crippen LogP contribution is 2.32. The molecule has 0 saturated heterocycles. The Morgan fingerprint density at radius 1 is 1.25 bits per heavy atom. The number of nitrogens with one attached hydrogen (secondary N) is 1. The monoisotopic (exact) mass is 338 g/mol. The molecule has 0 fully saturated rings. The third kappa shape index (κ3) is 4.79. The van der Waals surface area contributed by atoms with Gasteiger partial charge in [0.05, 0.1) is 11.7 Å². The Labute approximate surface area is 137 Å². The minimum atomic E-state index is -4.77. The first-order valence-electron chi connectivity index (χ1n) is 7.28. The van der Waals surface area contributed by atoms with Gasteiger partial charge in [0.2, 0.25) is 0 Å². The molecule has 0 amide bonds. The minimum absolute atomic E-state index is 0.00509. The molecule has 1 heterocycles. The number of ketones is 1. The Bertz CT molecular complexity index is 700. The van der Waals surface area contributed by atoms with E-state index in [1.807, 2.05) is 0 Å². The zero-order valence-corrected chi connectivity index (χ0v) is 13.2. The van der Waals surface area contributed by atoms with Crippen molar-refractivity contribution in [1.29, 1.82) is 0 Å². The number of halogens is 3. The summed E-state index contributed by atoms with van der Waals surface area (Å²) < 4.78 is 41.5. The van der Waals surface area contributed by atoms with Crippen LogP contribution in [0.15, 0.2) is 42.6 Å². The van der Waals surface area contributed by atoms with Gasteiger partial charge in [0.15, 0.2) is 0 Å². The van der Waals surface area contributed by atoms with Crippen LogP contribution in [0, 0.1) is 0 Å². The van der Waals surface area contributed by atoms with E-state index in [4.69, 9.17) is 0 Å². The number of ether oxygens (including phenoxy) is 1. The van der Waals surface area contributed by atoms with E-state index in [0.29, 0.717) is 12.1 Å². The summed E-state index contributed by atoms with van der Waals surface area (Å²) in [4.78, 5) is 15.6. The molecule has 128 valence electrons. The number of alkyl halides is 3. The molecule has 1 atom stereocenters. The number of aromatic nitrogens is 1. The average molecular weight is 338 g/mol. The number of hydrogen-bond acceptors (Lipinski definition) is 4. The average Bonchev–Trinajstić information content (AvgIpc) is 2.52. The van der Waals surface area contributed by atoms with Gasteiger partial charge in [-0.3, -0.25) is 9.78 Å². The van der Waals surface area contributed by atoms with E-state index >= 15 is 0 Å². The summed E-state index contributed by atoms with van der Waals surface area (Å²) in [6.07, 6.45) is -2.76. The van der Waals surface area contributed by atoms with Crippen molar-refractivity contribution < 1.29 is 22.7 Å². The van der Waals surface area contributed by atoms with E-state index in [1.165, 1.54) is 25.1 Å². The molecular weight excluding hydrogens is 321 g/mol. The molecule has 24 heavy (non-hydrogen) atoms. The van der Waals surface area contributed by atoms with Crippen LogP contribution in [0.3, 0.4) is 0 Å². The number of likely N-dealkylation sites (N-methyl/N-ethyl adjacent to an activating group) is 1.